The maximum Gasteiger partial charge on any atom is 0.328 e. The van der Waals surface area contributed by atoms with Crippen LogP contribution in [-0.2, 0) is 27.8 Å². The van der Waals surface area contributed by atoms with E-state index < -0.39 is 12.0 Å². The van der Waals surface area contributed by atoms with E-state index in [9.17, 15) is 9.59 Å². The van der Waals surface area contributed by atoms with Crippen LogP contribution in [0, 0.1) is 0 Å². The Kier molecular flexibility index (Phi) is 6.31. The van der Waals surface area contributed by atoms with E-state index in [-0.39, 0.29) is 12.5 Å². The number of nitrogens with one attached hydrogen (secondary N) is 1. The number of hydrogen-bond acceptors (Lipinski definition) is 4. The second-order valence-electron chi connectivity index (χ2n) is 5.28. The van der Waals surface area contributed by atoms with Crippen molar-refractivity contribution >= 4 is 18.0 Å². The van der Waals surface area contributed by atoms with E-state index in [1.807, 2.05) is 30.3 Å². The van der Waals surface area contributed by atoms with E-state index in [2.05, 4.69) is 10.4 Å². The van der Waals surface area contributed by atoms with E-state index in [1.165, 1.54) is 6.08 Å². The average Bonchev–Trinajstić information content (AvgIpc) is 2.99. The Morgan fingerprint density at radius 2 is 2.08 bits per heavy atom. The van der Waals surface area contributed by atoms with E-state index >= 15 is 0 Å². The van der Waals surface area contributed by atoms with Gasteiger partial charge >= 0.3 is 5.97 Å². The molecule has 0 unspecified atom stereocenters. The average molecular weight is 327 g/mol. The molecule has 0 radical (unpaired) electrons. The number of carbonyl (C=O) groups excluding carboxylic acids is 2. The minimum absolute atomic E-state index is 0.269. The maximum absolute atomic E-state index is 12.1. The Labute approximate surface area is 141 Å². The minimum Gasteiger partial charge on any atom is -0.464 e. The predicted octanol–water partition coefficient (Wildman–Crippen LogP) is 1.72. The minimum atomic E-state index is -0.724. The topological polar surface area (TPSA) is 73.2 Å². The summed E-state index contributed by atoms with van der Waals surface area (Å²) in [5.41, 5.74) is 1.76. The Hall–Kier alpha value is -2.89. The van der Waals surface area contributed by atoms with Crippen LogP contribution in [0.5, 0.6) is 0 Å². The third kappa shape index (κ3) is 5.39. The summed E-state index contributed by atoms with van der Waals surface area (Å²) in [5.74, 6) is -0.794. The van der Waals surface area contributed by atoms with E-state index in [4.69, 9.17) is 4.74 Å². The molecule has 1 atom stereocenters. The van der Waals surface area contributed by atoms with Crippen molar-refractivity contribution in [3.05, 3.63) is 59.9 Å². The normalized spacial score (nSPS) is 12.1. The van der Waals surface area contributed by atoms with Gasteiger partial charge in [-0.25, -0.2) is 4.79 Å². The first-order valence-corrected chi connectivity index (χ1v) is 7.76. The van der Waals surface area contributed by atoms with Crippen LogP contribution in [0.3, 0.4) is 0 Å². The molecule has 0 aliphatic heterocycles. The van der Waals surface area contributed by atoms with Gasteiger partial charge in [0.2, 0.25) is 5.91 Å². The van der Waals surface area contributed by atoms with Crippen LogP contribution in [0.4, 0.5) is 0 Å². The molecule has 1 amide bonds. The van der Waals surface area contributed by atoms with Crippen LogP contribution >= 0.6 is 0 Å². The van der Waals surface area contributed by atoms with Crippen LogP contribution < -0.4 is 5.32 Å². The van der Waals surface area contributed by atoms with Crippen molar-refractivity contribution < 1.29 is 14.3 Å². The number of amides is 1. The number of hydrogen-bond donors (Lipinski definition) is 1. The Morgan fingerprint density at radius 1 is 1.33 bits per heavy atom. The molecular formula is C18H21N3O3. The molecule has 0 aliphatic rings. The van der Waals surface area contributed by atoms with Crippen LogP contribution in [-0.4, -0.2) is 34.3 Å². The second kappa shape index (κ2) is 8.67. The van der Waals surface area contributed by atoms with Crippen LogP contribution in [0.1, 0.15) is 18.1 Å². The van der Waals surface area contributed by atoms with Gasteiger partial charge in [-0.1, -0.05) is 30.3 Å². The summed E-state index contributed by atoms with van der Waals surface area (Å²) in [7, 11) is 1.80. The van der Waals surface area contributed by atoms with Crippen molar-refractivity contribution in [2.24, 2.45) is 7.05 Å². The molecule has 0 aliphatic carbocycles. The SMILES string of the molecule is CCOC(=O)[C@H](Cc1ccccc1)NC(=O)/C=C/c1cnn(C)c1. The van der Waals surface area contributed by atoms with Gasteiger partial charge in [-0.3, -0.25) is 9.48 Å². The highest BCUT2D eigenvalue weighted by Crippen LogP contribution is 2.05. The van der Waals surface area contributed by atoms with Gasteiger partial charge in [0.15, 0.2) is 0 Å². The summed E-state index contributed by atoms with van der Waals surface area (Å²) in [4.78, 5) is 24.2. The fourth-order valence-electron chi connectivity index (χ4n) is 2.20. The lowest BCUT2D eigenvalue weighted by molar-refractivity contribution is -0.146. The van der Waals surface area contributed by atoms with E-state index in [1.54, 1.807) is 37.1 Å². The van der Waals surface area contributed by atoms with Crippen molar-refractivity contribution in [1.82, 2.24) is 15.1 Å². The second-order valence-corrected chi connectivity index (χ2v) is 5.28. The largest absolute Gasteiger partial charge is 0.464 e. The van der Waals surface area contributed by atoms with Crippen LogP contribution in [0.25, 0.3) is 6.08 Å². The summed E-state index contributed by atoms with van der Waals surface area (Å²) in [6.07, 6.45) is 6.85. The molecule has 1 heterocycles. The van der Waals surface area contributed by atoms with Crippen LogP contribution in [0.15, 0.2) is 48.8 Å². The lowest BCUT2D eigenvalue weighted by atomic mass is 10.1. The standard InChI is InChI=1S/C18H21N3O3/c1-3-24-18(23)16(11-14-7-5-4-6-8-14)20-17(22)10-9-15-12-19-21(2)13-15/h4-10,12-13,16H,3,11H2,1-2H3,(H,20,22)/b10-9+/t16-/m0/s1. The number of aryl methyl sites for hydroxylation is 1. The summed E-state index contributed by atoms with van der Waals surface area (Å²) in [6.45, 7) is 2.01. The summed E-state index contributed by atoms with van der Waals surface area (Å²) < 4.78 is 6.70. The third-order valence-corrected chi connectivity index (χ3v) is 3.32. The molecule has 126 valence electrons. The highest BCUT2D eigenvalue weighted by molar-refractivity contribution is 5.94. The third-order valence-electron chi connectivity index (χ3n) is 3.32. The molecule has 0 bridgehead atoms. The molecule has 2 rings (SSSR count). The van der Waals surface area contributed by atoms with Crippen molar-refractivity contribution in [3.8, 4) is 0 Å². The van der Waals surface area contributed by atoms with Gasteiger partial charge in [0, 0.05) is 31.3 Å². The Bertz CT molecular complexity index is 707. The first-order chi connectivity index (χ1) is 11.6. The quantitative estimate of drug-likeness (QED) is 0.621. The molecule has 0 fully saturated rings. The summed E-state index contributed by atoms with van der Waals surface area (Å²) in [6, 6.07) is 8.77. The summed E-state index contributed by atoms with van der Waals surface area (Å²) >= 11 is 0. The molecular weight excluding hydrogens is 306 g/mol. The van der Waals surface area contributed by atoms with Gasteiger partial charge in [0.05, 0.1) is 12.8 Å². The zero-order chi connectivity index (χ0) is 17.4. The van der Waals surface area contributed by atoms with Crippen molar-refractivity contribution in [1.29, 1.82) is 0 Å². The number of esters is 1. The molecule has 6 nitrogen and oxygen atoms in total. The van der Waals surface area contributed by atoms with Gasteiger partial charge in [0.1, 0.15) is 6.04 Å². The maximum atomic E-state index is 12.1. The number of aromatic nitrogens is 2. The lowest BCUT2D eigenvalue weighted by Crippen LogP contribution is -2.42. The van der Waals surface area contributed by atoms with E-state index in [0.29, 0.717) is 6.42 Å². The fourth-order valence-corrected chi connectivity index (χ4v) is 2.20. The number of benzene rings is 1. The number of carbonyl (C=O) groups is 2. The molecule has 1 N–H and O–H groups in total. The fraction of sp³-hybridized carbons (Fsp3) is 0.278. The molecule has 0 saturated carbocycles. The van der Waals surface area contributed by atoms with Crippen molar-refractivity contribution in [3.63, 3.8) is 0 Å². The van der Waals surface area contributed by atoms with Gasteiger partial charge < -0.3 is 10.1 Å². The zero-order valence-electron chi connectivity index (χ0n) is 13.8. The smallest absolute Gasteiger partial charge is 0.328 e. The van der Waals surface area contributed by atoms with Crippen LogP contribution in [0.2, 0.25) is 0 Å². The molecule has 0 spiro atoms. The first-order valence-electron chi connectivity index (χ1n) is 7.76. The Balaban J connectivity index is 2.02. The molecule has 24 heavy (non-hydrogen) atoms. The number of rotatable bonds is 7. The molecule has 1 aromatic heterocycles. The van der Waals surface area contributed by atoms with Crippen molar-refractivity contribution in [2.45, 2.75) is 19.4 Å². The van der Waals surface area contributed by atoms with Crippen molar-refractivity contribution in [2.75, 3.05) is 6.61 Å². The molecule has 6 heteroatoms. The predicted molar refractivity (Wildman–Crippen MR) is 91.0 cm³/mol. The van der Waals surface area contributed by atoms with Gasteiger partial charge in [-0.15, -0.1) is 0 Å². The zero-order valence-corrected chi connectivity index (χ0v) is 13.8. The molecule has 0 saturated heterocycles. The number of ether oxygens (including phenoxy) is 1. The highest BCUT2D eigenvalue weighted by atomic mass is 16.5. The van der Waals surface area contributed by atoms with Gasteiger partial charge in [-0.05, 0) is 18.6 Å². The monoisotopic (exact) mass is 327 g/mol. The lowest BCUT2D eigenvalue weighted by Gasteiger charge is -2.16. The molecule has 1 aromatic carbocycles. The number of nitrogens with zero attached hydrogens (tertiary/aromatic N) is 2. The molecule has 2 aromatic rings. The highest BCUT2D eigenvalue weighted by Gasteiger charge is 2.21. The summed E-state index contributed by atoms with van der Waals surface area (Å²) in [5, 5.41) is 6.72. The first kappa shape index (κ1) is 17.5. The Morgan fingerprint density at radius 3 is 2.71 bits per heavy atom. The van der Waals surface area contributed by atoms with Gasteiger partial charge in [-0.2, -0.15) is 5.10 Å². The van der Waals surface area contributed by atoms with Gasteiger partial charge in [0.25, 0.3) is 0 Å². The van der Waals surface area contributed by atoms with E-state index in [0.717, 1.165) is 11.1 Å².